The Morgan fingerprint density at radius 1 is 1.09 bits per heavy atom. The summed E-state index contributed by atoms with van der Waals surface area (Å²) in [5.41, 5.74) is 3.68. The molecule has 0 fully saturated rings. The number of allylic oxidation sites excluding steroid dienone is 2. The molecule has 1 atom stereocenters. The summed E-state index contributed by atoms with van der Waals surface area (Å²) in [5.74, 6) is 0. The number of para-hydroxylation sites is 2. The Balaban J connectivity index is 2.10. The molecule has 2 aromatic carbocycles. The van der Waals surface area contributed by atoms with E-state index < -0.39 is 7.36 Å². The molecule has 33 heavy (non-hydrogen) atoms. The first kappa shape index (κ1) is 23.2. The van der Waals surface area contributed by atoms with Crippen molar-refractivity contribution in [2.45, 2.75) is 33.1 Å². The van der Waals surface area contributed by atoms with E-state index in [4.69, 9.17) is 9.85 Å². The van der Waals surface area contributed by atoms with Crippen molar-refractivity contribution in [2.24, 2.45) is 9.85 Å². The summed E-state index contributed by atoms with van der Waals surface area (Å²) in [4.78, 5) is 13.7. The molecule has 0 aromatic heterocycles. The van der Waals surface area contributed by atoms with Gasteiger partial charge in [0.25, 0.3) is 5.69 Å². The number of anilines is 1. The van der Waals surface area contributed by atoms with Crippen LogP contribution in [0.3, 0.4) is 0 Å². The van der Waals surface area contributed by atoms with Crippen molar-refractivity contribution in [1.29, 1.82) is 0 Å². The van der Waals surface area contributed by atoms with Gasteiger partial charge < -0.3 is 4.90 Å². The monoisotopic (exact) mass is 466 g/mol. The fourth-order valence-electron chi connectivity index (χ4n) is 5.09. The Hall–Kier alpha value is -2.96. The molecule has 9 heteroatoms. The van der Waals surface area contributed by atoms with E-state index in [1.54, 1.807) is 18.2 Å². The SMILES string of the molecule is CCN(CC)P1(=Nc2ccccc2[N+](=O)[O-])C(=C2N(C)c3ccccc3C2(C)C)C=NN1C. The van der Waals surface area contributed by atoms with Crippen LogP contribution in [0.2, 0.25) is 0 Å². The maximum atomic E-state index is 11.8. The Morgan fingerprint density at radius 2 is 1.73 bits per heavy atom. The first-order chi connectivity index (χ1) is 15.7. The van der Waals surface area contributed by atoms with Crippen molar-refractivity contribution in [3.8, 4) is 0 Å². The number of hydrazone groups is 1. The van der Waals surface area contributed by atoms with E-state index in [0.717, 1.165) is 29.8 Å². The molecule has 174 valence electrons. The molecule has 8 nitrogen and oxygen atoms in total. The molecule has 0 amide bonds. The topological polar surface area (TPSA) is 77.6 Å². The smallest absolute Gasteiger partial charge is 0.294 e. The Labute approximate surface area is 195 Å². The van der Waals surface area contributed by atoms with Gasteiger partial charge in [0, 0.05) is 50.1 Å². The second-order valence-corrected chi connectivity index (χ2v) is 11.7. The van der Waals surface area contributed by atoms with Crippen LogP contribution >= 0.6 is 7.36 Å². The number of rotatable bonds is 5. The van der Waals surface area contributed by atoms with Crippen molar-refractivity contribution >= 4 is 30.6 Å². The zero-order valence-corrected chi connectivity index (χ0v) is 21.0. The minimum absolute atomic E-state index is 0.0102. The molecule has 1 unspecified atom stereocenters. The number of nitrogens with zero attached hydrogens (tertiary/aromatic N) is 6. The summed E-state index contributed by atoms with van der Waals surface area (Å²) in [5, 5.41) is 17.6. The van der Waals surface area contributed by atoms with Crippen molar-refractivity contribution in [3.63, 3.8) is 0 Å². The molecule has 4 rings (SSSR count). The maximum absolute atomic E-state index is 11.8. The van der Waals surface area contributed by atoms with E-state index in [1.807, 2.05) is 18.0 Å². The van der Waals surface area contributed by atoms with Crippen LogP contribution in [0.25, 0.3) is 0 Å². The molecule has 0 bridgehead atoms. The maximum Gasteiger partial charge on any atom is 0.294 e. The zero-order valence-electron chi connectivity index (χ0n) is 20.1. The summed E-state index contributed by atoms with van der Waals surface area (Å²) in [7, 11) is 1.38. The summed E-state index contributed by atoms with van der Waals surface area (Å²) in [6, 6.07) is 15.2. The van der Waals surface area contributed by atoms with Crippen LogP contribution in [0.1, 0.15) is 33.3 Å². The fraction of sp³-hybridized carbons (Fsp3) is 0.375. The molecule has 0 spiro atoms. The average molecular weight is 467 g/mol. The predicted octanol–water partition coefficient (Wildman–Crippen LogP) is 6.17. The van der Waals surface area contributed by atoms with Gasteiger partial charge in [-0.15, -0.1) is 0 Å². The molecule has 2 heterocycles. The number of hydrogen-bond donors (Lipinski definition) is 0. The van der Waals surface area contributed by atoms with Crippen molar-refractivity contribution in [2.75, 3.05) is 32.1 Å². The molecule has 0 radical (unpaired) electrons. The van der Waals surface area contributed by atoms with Gasteiger partial charge in [0.2, 0.25) is 0 Å². The second kappa shape index (κ2) is 8.43. The Morgan fingerprint density at radius 3 is 2.36 bits per heavy atom. The molecule has 0 saturated heterocycles. The first-order valence-electron chi connectivity index (χ1n) is 11.2. The van der Waals surface area contributed by atoms with Crippen LogP contribution < -0.4 is 4.90 Å². The number of fused-ring (bicyclic) bond motifs is 1. The van der Waals surface area contributed by atoms with E-state index in [9.17, 15) is 10.1 Å². The van der Waals surface area contributed by atoms with E-state index >= 15 is 0 Å². The van der Waals surface area contributed by atoms with Crippen molar-refractivity contribution in [3.05, 3.63) is 75.2 Å². The van der Waals surface area contributed by atoms with E-state index in [0.29, 0.717) is 5.69 Å². The highest BCUT2D eigenvalue weighted by Gasteiger charge is 2.48. The summed E-state index contributed by atoms with van der Waals surface area (Å²) < 4.78 is 9.48. The van der Waals surface area contributed by atoms with Gasteiger partial charge in [0.15, 0.2) is 7.36 Å². The minimum atomic E-state index is -2.64. The minimum Gasteiger partial charge on any atom is -0.346 e. The van der Waals surface area contributed by atoms with Gasteiger partial charge in [-0.05, 0) is 17.7 Å². The molecular formula is C24H31N6O2P. The van der Waals surface area contributed by atoms with Crippen molar-refractivity contribution in [1.82, 2.24) is 9.45 Å². The standard InChI is InChI=1S/C24H31N6O2P/c1-7-29(8-2)33(26-19-14-10-12-16-21(19)30(31)32)22(17-25-28(33)6)23-24(3,4)18-13-9-11-15-20(18)27(23)5/h9-17H,7-8H2,1-6H3. The molecule has 2 aliphatic rings. The highest BCUT2D eigenvalue weighted by molar-refractivity contribution is 7.67. The quantitative estimate of drug-likeness (QED) is 0.299. The molecule has 0 aliphatic carbocycles. The number of hydrogen-bond acceptors (Lipinski definition) is 5. The molecule has 2 aromatic rings. The van der Waals surface area contributed by atoms with Gasteiger partial charge in [-0.1, -0.05) is 58.0 Å². The zero-order chi connectivity index (χ0) is 24.0. The van der Waals surface area contributed by atoms with Gasteiger partial charge in [-0.3, -0.25) is 10.1 Å². The lowest BCUT2D eigenvalue weighted by molar-refractivity contribution is -0.384. The first-order valence-corrected chi connectivity index (χ1v) is 12.8. The van der Waals surface area contributed by atoms with Crippen LogP contribution in [-0.4, -0.2) is 47.8 Å². The van der Waals surface area contributed by atoms with Gasteiger partial charge in [-0.2, -0.15) is 5.10 Å². The van der Waals surface area contributed by atoms with Crippen LogP contribution in [0, 0.1) is 10.1 Å². The predicted molar refractivity (Wildman–Crippen MR) is 136 cm³/mol. The van der Waals surface area contributed by atoms with Gasteiger partial charge in [0.05, 0.1) is 16.5 Å². The number of benzene rings is 2. The third-order valence-corrected chi connectivity index (χ3v) is 10.4. The van der Waals surface area contributed by atoms with E-state index in [-0.39, 0.29) is 16.0 Å². The lowest BCUT2D eigenvalue weighted by atomic mass is 9.84. The molecule has 0 N–H and O–H groups in total. The third kappa shape index (κ3) is 3.40. The fourth-order valence-corrected chi connectivity index (χ4v) is 8.81. The number of nitro groups is 1. The third-order valence-electron chi connectivity index (χ3n) is 6.63. The second-order valence-electron chi connectivity index (χ2n) is 8.72. The number of likely N-dealkylation sites (N-methyl/N-ethyl adjacent to an activating group) is 1. The lowest BCUT2D eigenvalue weighted by Crippen LogP contribution is -2.30. The lowest BCUT2D eigenvalue weighted by Gasteiger charge is -2.39. The summed E-state index contributed by atoms with van der Waals surface area (Å²) in [6.45, 7) is 10.2. The molecule has 0 saturated carbocycles. The average Bonchev–Trinajstić information content (AvgIpc) is 3.20. The summed E-state index contributed by atoms with van der Waals surface area (Å²) in [6.07, 6.45) is 1.92. The highest BCUT2D eigenvalue weighted by atomic mass is 31.2. The van der Waals surface area contributed by atoms with Crippen LogP contribution in [0.15, 0.2) is 69.4 Å². The van der Waals surface area contributed by atoms with E-state index in [1.165, 1.54) is 11.6 Å². The normalized spacial score (nSPS) is 23.4. The largest absolute Gasteiger partial charge is 0.346 e. The summed E-state index contributed by atoms with van der Waals surface area (Å²) >= 11 is 0. The van der Waals surface area contributed by atoms with Crippen LogP contribution in [0.4, 0.5) is 17.1 Å². The Kier molecular flexibility index (Phi) is 5.93. The molecular weight excluding hydrogens is 435 g/mol. The van der Waals surface area contributed by atoms with Gasteiger partial charge in [-0.25, -0.2) is 14.2 Å². The van der Waals surface area contributed by atoms with Gasteiger partial charge >= 0.3 is 0 Å². The van der Waals surface area contributed by atoms with Gasteiger partial charge in [0.1, 0.15) is 5.69 Å². The number of nitro benzene ring substituents is 1. The van der Waals surface area contributed by atoms with Crippen molar-refractivity contribution < 1.29 is 4.92 Å². The highest BCUT2D eigenvalue weighted by Crippen LogP contribution is 2.69. The van der Waals surface area contributed by atoms with Crippen LogP contribution in [0.5, 0.6) is 0 Å². The van der Waals surface area contributed by atoms with Crippen LogP contribution in [-0.2, 0) is 5.41 Å². The Bertz CT molecular complexity index is 1210. The molecule has 2 aliphatic heterocycles. The van der Waals surface area contributed by atoms with E-state index in [2.05, 4.69) is 68.6 Å².